The van der Waals surface area contributed by atoms with Crippen LogP contribution in [0.15, 0.2) is 91.5 Å². The van der Waals surface area contributed by atoms with Gasteiger partial charge in [0.05, 0.1) is 30.3 Å². The summed E-state index contributed by atoms with van der Waals surface area (Å²) in [4.78, 5) is 46.6. The number of carbonyl (C=O) groups is 3. The van der Waals surface area contributed by atoms with Crippen molar-refractivity contribution in [3.05, 3.63) is 113 Å². The maximum Gasteiger partial charge on any atom is 0.332 e. The number of fused-ring (bicyclic) bond motifs is 1. The van der Waals surface area contributed by atoms with Crippen LogP contribution >= 0.6 is 11.6 Å². The van der Waals surface area contributed by atoms with E-state index in [1.807, 2.05) is 97.9 Å². The first-order chi connectivity index (χ1) is 20.8. The molecule has 2 fully saturated rings. The van der Waals surface area contributed by atoms with Crippen molar-refractivity contribution < 1.29 is 14.4 Å². The SMILES string of the molecule is C=CCN(C(=O)NCc1ccccc1)N1CC(=O)N2[C@@H](Cc3ccccc3)C(=O)N(Cc3ccc(Cl)c(N(C)C)c3)C[C@@H]21. The minimum atomic E-state index is -0.711. The van der Waals surface area contributed by atoms with E-state index in [1.165, 1.54) is 5.01 Å². The van der Waals surface area contributed by atoms with Crippen LogP contribution < -0.4 is 10.2 Å². The highest BCUT2D eigenvalue weighted by Gasteiger charge is 2.52. The smallest absolute Gasteiger partial charge is 0.332 e. The van der Waals surface area contributed by atoms with E-state index in [1.54, 1.807) is 20.9 Å². The van der Waals surface area contributed by atoms with E-state index in [2.05, 4.69) is 11.9 Å². The molecule has 10 heteroatoms. The van der Waals surface area contributed by atoms with Gasteiger partial charge in [0.25, 0.3) is 0 Å². The zero-order valence-electron chi connectivity index (χ0n) is 24.5. The van der Waals surface area contributed by atoms with Crippen LogP contribution in [0.25, 0.3) is 0 Å². The van der Waals surface area contributed by atoms with Crippen LogP contribution in [0.1, 0.15) is 16.7 Å². The number of urea groups is 1. The summed E-state index contributed by atoms with van der Waals surface area (Å²) in [6.45, 7) is 4.97. The third-order valence-electron chi connectivity index (χ3n) is 7.84. The first-order valence-electron chi connectivity index (χ1n) is 14.3. The molecular weight excluding hydrogens is 564 g/mol. The zero-order chi connectivity index (χ0) is 30.5. The van der Waals surface area contributed by atoms with Gasteiger partial charge >= 0.3 is 6.03 Å². The average molecular weight is 601 g/mol. The molecule has 2 aliphatic heterocycles. The number of hydrazine groups is 1. The Bertz CT molecular complexity index is 1470. The molecule has 1 N–H and O–H groups in total. The topological polar surface area (TPSA) is 79.4 Å². The van der Waals surface area contributed by atoms with Crippen LogP contribution in [-0.4, -0.2) is 83.6 Å². The monoisotopic (exact) mass is 600 g/mol. The van der Waals surface area contributed by atoms with Crippen molar-refractivity contribution in [3.63, 3.8) is 0 Å². The number of piperazine rings is 1. The van der Waals surface area contributed by atoms with Gasteiger partial charge in [-0.15, -0.1) is 6.58 Å². The van der Waals surface area contributed by atoms with Crippen LogP contribution in [0.2, 0.25) is 5.02 Å². The molecule has 0 saturated carbocycles. The molecule has 3 aromatic rings. The largest absolute Gasteiger partial charge is 0.376 e. The number of benzene rings is 3. The van der Waals surface area contributed by atoms with E-state index < -0.39 is 12.2 Å². The van der Waals surface area contributed by atoms with Crippen molar-refractivity contribution in [1.29, 1.82) is 0 Å². The molecule has 5 rings (SSSR count). The average Bonchev–Trinajstić information content (AvgIpc) is 3.33. The summed E-state index contributed by atoms with van der Waals surface area (Å²) in [7, 11) is 3.84. The first kappa shape index (κ1) is 30.1. The van der Waals surface area contributed by atoms with Crippen molar-refractivity contribution >= 4 is 35.1 Å². The molecule has 4 amide bonds. The van der Waals surface area contributed by atoms with Gasteiger partial charge < -0.3 is 20.0 Å². The maximum absolute atomic E-state index is 14.1. The second kappa shape index (κ2) is 13.3. The van der Waals surface area contributed by atoms with Crippen molar-refractivity contribution in [2.45, 2.75) is 31.7 Å². The summed E-state index contributed by atoms with van der Waals surface area (Å²) in [6, 6.07) is 24.0. The predicted octanol–water partition coefficient (Wildman–Crippen LogP) is 4.14. The Morgan fingerprint density at radius 2 is 1.67 bits per heavy atom. The number of amides is 4. The second-order valence-electron chi connectivity index (χ2n) is 11.0. The van der Waals surface area contributed by atoms with E-state index in [-0.39, 0.29) is 37.5 Å². The molecule has 9 nitrogen and oxygen atoms in total. The Morgan fingerprint density at radius 1 is 1.00 bits per heavy atom. The predicted molar refractivity (Wildman–Crippen MR) is 168 cm³/mol. The Labute approximate surface area is 257 Å². The summed E-state index contributed by atoms with van der Waals surface area (Å²) in [5.74, 6) is -0.314. The summed E-state index contributed by atoms with van der Waals surface area (Å²) in [5.41, 5.74) is 3.70. The van der Waals surface area contributed by atoms with Gasteiger partial charge in [-0.2, -0.15) is 5.01 Å². The third-order valence-corrected chi connectivity index (χ3v) is 8.16. The standard InChI is InChI=1S/C33H37ClN6O3/c1-4-17-38(33(43)35-20-25-13-9-6-10-14-25)39-23-31(41)40-29(18-24-11-7-5-8-12-24)32(42)37(22-30(39)40)21-26-15-16-27(34)28(19-26)36(2)3/h4-16,19,29-30H,1,17-18,20-23H2,2-3H3,(H,35,43)/t29-,30+/m0/s1. The lowest BCUT2D eigenvalue weighted by Crippen LogP contribution is -2.66. The zero-order valence-corrected chi connectivity index (χ0v) is 25.3. The van der Waals surface area contributed by atoms with Gasteiger partial charge in [-0.25, -0.2) is 4.79 Å². The summed E-state index contributed by atoms with van der Waals surface area (Å²) in [5, 5.41) is 6.90. The van der Waals surface area contributed by atoms with E-state index in [4.69, 9.17) is 11.6 Å². The van der Waals surface area contributed by atoms with Crippen molar-refractivity contribution in [1.82, 2.24) is 25.1 Å². The van der Waals surface area contributed by atoms with Crippen LogP contribution in [0.4, 0.5) is 10.5 Å². The lowest BCUT2D eigenvalue weighted by molar-refractivity contribution is -0.157. The van der Waals surface area contributed by atoms with Crippen LogP contribution in [0.3, 0.4) is 0 Å². The van der Waals surface area contributed by atoms with Gasteiger partial charge in [0, 0.05) is 33.6 Å². The van der Waals surface area contributed by atoms with Crippen LogP contribution in [0, 0.1) is 0 Å². The fraction of sp³-hybridized carbons (Fsp3) is 0.303. The fourth-order valence-corrected chi connectivity index (χ4v) is 6.03. The quantitative estimate of drug-likeness (QED) is 0.354. The molecule has 0 aliphatic carbocycles. The molecule has 2 heterocycles. The van der Waals surface area contributed by atoms with E-state index in [9.17, 15) is 14.4 Å². The molecule has 2 atom stereocenters. The molecule has 0 radical (unpaired) electrons. The number of nitrogens with one attached hydrogen (secondary N) is 1. The summed E-state index contributed by atoms with van der Waals surface area (Å²) >= 11 is 6.42. The molecule has 0 unspecified atom stereocenters. The fourth-order valence-electron chi connectivity index (χ4n) is 5.74. The number of halogens is 1. The Hall–Kier alpha value is -4.34. The number of hydrogen-bond acceptors (Lipinski definition) is 5. The minimum absolute atomic E-state index is 0.0185. The summed E-state index contributed by atoms with van der Waals surface area (Å²) < 4.78 is 0. The first-order valence-corrected chi connectivity index (χ1v) is 14.7. The molecular formula is C33H37ClN6O3. The Morgan fingerprint density at radius 3 is 2.33 bits per heavy atom. The van der Waals surface area contributed by atoms with Gasteiger partial charge in [-0.3, -0.25) is 14.6 Å². The number of hydrogen-bond donors (Lipinski definition) is 1. The Kier molecular flexibility index (Phi) is 9.33. The van der Waals surface area contributed by atoms with Gasteiger partial charge in [-0.05, 0) is 28.8 Å². The lowest BCUT2D eigenvalue weighted by Gasteiger charge is -2.46. The second-order valence-corrected chi connectivity index (χ2v) is 11.4. The Balaban J connectivity index is 1.44. The van der Waals surface area contributed by atoms with Crippen LogP contribution in [0.5, 0.6) is 0 Å². The highest BCUT2D eigenvalue weighted by molar-refractivity contribution is 6.33. The lowest BCUT2D eigenvalue weighted by atomic mass is 10.00. The molecule has 0 spiro atoms. The molecule has 43 heavy (non-hydrogen) atoms. The van der Waals surface area contributed by atoms with Gasteiger partial charge in [0.1, 0.15) is 12.2 Å². The number of rotatable bonds is 10. The number of carbonyl (C=O) groups excluding carboxylic acids is 3. The van der Waals surface area contributed by atoms with E-state index >= 15 is 0 Å². The summed E-state index contributed by atoms with van der Waals surface area (Å²) in [6.07, 6.45) is 1.48. The van der Waals surface area contributed by atoms with Crippen LogP contribution in [-0.2, 0) is 29.1 Å². The van der Waals surface area contributed by atoms with E-state index in [0.29, 0.717) is 24.5 Å². The highest BCUT2D eigenvalue weighted by atomic mass is 35.5. The van der Waals surface area contributed by atoms with Crippen molar-refractivity contribution in [2.75, 3.05) is 38.6 Å². The molecule has 2 aliphatic rings. The molecule has 0 bridgehead atoms. The molecule has 2 saturated heterocycles. The van der Waals surface area contributed by atoms with Crippen molar-refractivity contribution in [3.8, 4) is 0 Å². The molecule has 3 aromatic carbocycles. The minimum Gasteiger partial charge on any atom is -0.376 e. The normalized spacial score (nSPS) is 18.4. The molecule has 224 valence electrons. The highest BCUT2D eigenvalue weighted by Crippen LogP contribution is 2.31. The van der Waals surface area contributed by atoms with Gasteiger partial charge in [0.2, 0.25) is 11.8 Å². The van der Waals surface area contributed by atoms with Gasteiger partial charge in [0.15, 0.2) is 0 Å². The van der Waals surface area contributed by atoms with Crippen molar-refractivity contribution in [2.24, 2.45) is 0 Å². The third kappa shape index (κ3) is 6.68. The number of nitrogens with zero attached hydrogens (tertiary/aromatic N) is 5. The molecule has 0 aromatic heterocycles. The van der Waals surface area contributed by atoms with E-state index in [0.717, 1.165) is 22.4 Å². The maximum atomic E-state index is 14.1. The van der Waals surface area contributed by atoms with Gasteiger partial charge in [-0.1, -0.05) is 84.4 Å². The number of anilines is 1.